The van der Waals surface area contributed by atoms with Crippen LogP contribution in [-0.4, -0.2) is 33.5 Å². The van der Waals surface area contributed by atoms with E-state index in [1.165, 1.54) is 6.07 Å². The third-order valence-corrected chi connectivity index (χ3v) is 6.68. The van der Waals surface area contributed by atoms with Crippen LogP contribution in [0.4, 0.5) is 15.9 Å². The molecule has 8 heteroatoms. The zero-order valence-electron chi connectivity index (χ0n) is 20.4. The first-order chi connectivity index (χ1) is 17.4. The molecule has 0 bridgehead atoms. The number of aromatic nitrogens is 3. The molecule has 2 aromatic heterocycles. The molecule has 0 saturated carbocycles. The molecule has 184 valence electrons. The number of benzene rings is 2. The summed E-state index contributed by atoms with van der Waals surface area (Å²) in [6, 6.07) is 16.4. The van der Waals surface area contributed by atoms with E-state index in [1.54, 1.807) is 35.9 Å². The fourth-order valence-electron chi connectivity index (χ4n) is 4.59. The van der Waals surface area contributed by atoms with Crippen molar-refractivity contribution in [3.8, 4) is 0 Å². The van der Waals surface area contributed by atoms with Crippen LogP contribution in [0, 0.1) is 25.6 Å². The topological polar surface area (TPSA) is 80.1 Å². The highest BCUT2D eigenvalue weighted by atomic mass is 19.1. The second kappa shape index (κ2) is 9.89. The monoisotopic (exact) mass is 485 g/mol. The maximum Gasteiger partial charge on any atom is 0.295 e. The number of anilines is 2. The van der Waals surface area contributed by atoms with Gasteiger partial charge in [-0.15, -0.1) is 0 Å². The van der Waals surface area contributed by atoms with Crippen LogP contribution in [0.25, 0.3) is 11.2 Å². The predicted molar refractivity (Wildman–Crippen MR) is 139 cm³/mol. The number of carbonyl (C=O) groups excluding carboxylic acids is 1. The van der Waals surface area contributed by atoms with E-state index in [2.05, 4.69) is 15.3 Å². The number of carbonyl (C=O) groups is 1. The first-order valence-electron chi connectivity index (χ1n) is 12.1. The quantitative estimate of drug-likeness (QED) is 0.452. The average molecular weight is 486 g/mol. The van der Waals surface area contributed by atoms with Gasteiger partial charge >= 0.3 is 0 Å². The van der Waals surface area contributed by atoms with E-state index in [-0.39, 0.29) is 23.2 Å². The smallest absolute Gasteiger partial charge is 0.295 e. The molecule has 0 aliphatic carbocycles. The van der Waals surface area contributed by atoms with Gasteiger partial charge in [0, 0.05) is 25.0 Å². The zero-order chi connectivity index (χ0) is 25.2. The highest BCUT2D eigenvalue weighted by molar-refractivity contribution is 5.93. The Bertz CT molecular complexity index is 1480. The van der Waals surface area contributed by atoms with Crippen molar-refractivity contribution in [2.75, 3.05) is 23.3 Å². The number of halogens is 1. The van der Waals surface area contributed by atoms with Gasteiger partial charge in [0.1, 0.15) is 11.3 Å². The number of piperidine rings is 1. The van der Waals surface area contributed by atoms with E-state index in [0.717, 1.165) is 17.5 Å². The first-order valence-corrected chi connectivity index (χ1v) is 12.1. The highest BCUT2D eigenvalue weighted by Gasteiger charge is 2.29. The highest BCUT2D eigenvalue weighted by Crippen LogP contribution is 2.23. The van der Waals surface area contributed by atoms with Crippen molar-refractivity contribution >= 4 is 28.6 Å². The second-order valence-corrected chi connectivity index (χ2v) is 9.40. The Hall–Kier alpha value is -4.07. The van der Waals surface area contributed by atoms with Gasteiger partial charge in [-0.25, -0.2) is 14.4 Å². The standard InChI is InChI=1S/C28H28FN5O2/c1-18-7-10-20(11-8-18)16-34-25-24(6-3-13-30-25)32-26(28(34)36)33-14-4-5-21(17-33)27(35)31-22-12-9-19(2)23(29)15-22/h3,6-13,15,21H,4-5,14,16-17H2,1-2H3,(H,31,35)/t21-/m0/s1. The normalized spacial score (nSPS) is 15.8. The van der Waals surface area contributed by atoms with Crippen LogP contribution in [0.1, 0.15) is 29.5 Å². The van der Waals surface area contributed by atoms with Crippen LogP contribution in [0.2, 0.25) is 0 Å². The number of amides is 1. The third-order valence-electron chi connectivity index (χ3n) is 6.68. The number of nitrogens with zero attached hydrogens (tertiary/aromatic N) is 4. The maximum absolute atomic E-state index is 13.9. The van der Waals surface area contributed by atoms with E-state index in [0.29, 0.717) is 54.3 Å². The van der Waals surface area contributed by atoms with Gasteiger partial charge in [0.2, 0.25) is 5.91 Å². The van der Waals surface area contributed by atoms with E-state index in [1.807, 2.05) is 42.2 Å². The minimum Gasteiger partial charge on any atom is -0.351 e. The molecule has 1 amide bonds. The third kappa shape index (κ3) is 4.84. The van der Waals surface area contributed by atoms with E-state index >= 15 is 0 Å². The zero-order valence-corrected chi connectivity index (χ0v) is 20.4. The molecule has 3 heterocycles. The lowest BCUT2D eigenvalue weighted by Gasteiger charge is -2.32. The van der Waals surface area contributed by atoms with Crippen LogP contribution in [0.5, 0.6) is 0 Å². The van der Waals surface area contributed by atoms with Gasteiger partial charge in [-0.3, -0.25) is 14.2 Å². The molecule has 36 heavy (non-hydrogen) atoms. The lowest BCUT2D eigenvalue weighted by molar-refractivity contribution is -0.120. The first kappa shape index (κ1) is 23.7. The summed E-state index contributed by atoms with van der Waals surface area (Å²) >= 11 is 0. The Morgan fingerprint density at radius 1 is 1.14 bits per heavy atom. The number of aryl methyl sites for hydroxylation is 2. The van der Waals surface area contributed by atoms with Gasteiger partial charge in [0.05, 0.1) is 12.5 Å². The summed E-state index contributed by atoms with van der Waals surface area (Å²) in [5.74, 6) is -0.576. The molecular formula is C28H28FN5O2. The van der Waals surface area contributed by atoms with Crippen molar-refractivity contribution in [1.82, 2.24) is 14.5 Å². The van der Waals surface area contributed by atoms with Crippen molar-refractivity contribution in [3.05, 3.63) is 93.7 Å². The molecule has 0 unspecified atom stereocenters. The van der Waals surface area contributed by atoms with Crippen molar-refractivity contribution in [3.63, 3.8) is 0 Å². The molecule has 1 N–H and O–H groups in total. The summed E-state index contributed by atoms with van der Waals surface area (Å²) in [7, 11) is 0. The molecular weight excluding hydrogens is 457 g/mol. The summed E-state index contributed by atoms with van der Waals surface area (Å²) in [5, 5.41) is 2.83. The molecule has 1 atom stereocenters. The van der Waals surface area contributed by atoms with Gasteiger partial charge < -0.3 is 10.2 Å². The number of fused-ring (bicyclic) bond motifs is 1. The molecule has 1 aliphatic heterocycles. The Balaban J connectivity index is 1.43. The molecule has 2 aromatic carbocycles. The number of rotatable bonds is 5. The second-order valence-electron chi connectivity index (χ2n) is 9.40. The molecule has 0 spiro atoms. The van der Waals surface area contributed by atoms with Gasteiger partial charge in [-0.1, -0.05) is 35.9 Å². The number of nitrogens with one attached hydrogen (secondary N) is 1. The fraction of sp³-hybridized carbons (Fsp3) is 0.286. The minimum atomic E-state index is -0.360. The summed E-state index contributed by atoms with van der Waals surface area (Å²) < 4.78 is 15.6. The van der Waals surface area contributed by atoms with Crippen LogP contribution in [0.3, 0.4) is 0 Å². The predicted octanol–water partition coefficient (Wildman–Crippen LogP) is 4.45. The molecule has 1 saturated heterocycles. The Kier molecular flexibility index (Phi) is 6.50. The lowest BCUT2D eigenvalue weighted by atomic mass is 9.97. The molecule has 4 aromatic rings. The average Bonchev–Trinajstić information content (AvgIpc) is 2.89. The van der Waals surface area contributed by atoms with E-state index in [4.69, 9.17) is 0 Å². The number of hydrogen-bond donors (Lipinski definition) is 1. The van der Waals surface area contributed by atoms with Crippen LogP contribution < -0.4 is 15.8 Å². The molecule has 1 fully saturated rings. The minimum absolute atomic E-state index is 0.189. The van der Waals surface area contributed by atoms with Crippen molar-refractivity contribution in [1.29, 1.82) is 0 Å². The fourth-order valence-corrected chi connectivity index (χ4v) is 4.59. The molecule has 1 aliphatic rings. The van der Waals surface area contributed by atoms with Crippen molar-refractivity contribution < 1.29 is 9.18 Å². The summed E-state index contributed by atoms with van der Waals surface area (Å²) in [6.45, 7) is 5.06. The Morgan fingerprint density at radius 3 is 2.72 bits per heavy atom. The van der Waals surface area contributed by atoms with Crippen LogP contribution >= 0.6 is 0 Å². The molecule has 0 radical (unpaired) electrons. The summed E-state index contributed by atoms with van der Waals surface area (Å²) in [4.78, 5) is 37.7. The van der Waals surface area contributed by atoms with E-state index < -0.39 is 0 Å². The van der Waals surface area contributed by atoms with Gasteiger partial charge in [-0.05, 0) is 62.1 Å². The van der Waals surface area contributed by atoms with Crippen LogP contribution in [-0.2, 0) is 11.3 Å². The van der Waals surface area contributed by atoms with Crippen molar-refractivity contribution in [2.24, 2.45) is 5.92 Å². The lowest BCUT2D eigenvalue weighted by Crippen LogP contribution is -2.44. The summed E-state index contributed by atoms with van der Waals surface area (Å²) in [5.41, 5.74) is 4.01. The summed E-state index contributed by atoms with van der Waals surface area (Å²) in [6.07, 6.45) is 3.08. The largest absolute Gasteiger partial charge is 0.351 e. The molecule has 5 rings (SSSR count). The van der Waals surface area contributed by atoms with Gasteiger partial charge in [-0.2, -0.15) is 0 Å². The molecule has 7 nitrogen and oxygen atoms in total. The maximum atomic E-state index is 13.9. The van der Waals surface area contributed by atoms with E-state index in [9.17, 15) is 14.0 Å². The number of pyridine rings is 1. The van der Waals surface area contributed by atoms with Crippen molar-refractivity contribution in [2.45, 2.75) is 33.2 Å². The Labute approximate surface area is 208 Å². The van der Waals surface area contributed by atoms with Crippen LogP contribution in [0.15, 0.2) is 65.6 Å². The Morgan fingerprint density at radius 2 is 1.94 bits per heavy atom. The number of hydrogen-bond acceptors (Lipinski definition) is 5. The SMILES string of the molecule is Cc1ccc(Cn2c(=O)c(N3CCC[C@H](C(=O)Nc4ccc(C)c(F)c4)C3)nc3cccnc32)cc1. The van der Waals surface area contributed by atoms with Gasteiger partial charge in [0.25, 0.3) is 5.56 Å². The van der Waals surface area contributed by atoms with Gasteiger partial charge in [0.15, 0.2) is 11.5 Å².